The summed E-state index contributed by atoms with van der Waals surface area (Å²) in [5.41, 5.74) is -0.617. The first-order valence-corrected chi connectivity index (χ1v) is 14.8. The van der Waals surface area contributed by atoms with Crippen LogP contribution in [0.2, 0.25) is 5.04 Å². The molecule has 0 N–H and O–H groups in total. The minimum absolute atomic E-state index is 0.158. The number of piperidine rings is 1. The Bertz CT molecular complexity index is 1010. The van der Waals surface area contributed by atoms with E-state index in [1.807, 2.05) is 57.2 Å². The fourth-order valence-corrected chi connectivity index (χ4v) is 9.76. The number of carbonyl (C=O) groups is 2. The number of hydrogen-bond acceptors (Lipinski definition) is 5. The molecule has 0 bridgehead atoms. The van der Waals surface area contributed by atoms with Crippen LogP contribution < -0.4 is 10.4 Å². The van der Waals surface area contributed by atoms with Crippen LogP contribution in [-0.4, -0.2) is 69.2 Å². The van der Waals surface area contributed by atoms with Gasteiger partial charge in [0.15, 0.2) is 0 Å². The van der Waals surface area contributed by atoms with Gasteiger partial charge in [0.2, 0.25) is 0 Å². The molecule has 2 amide bonds. The highest BCUT2D eigenvalue weighted by atomic mass is 28.4. The van der Waals surface area contributed by atoms with Gasteiger partial charge in [0, 0.05) is 20.1 Å². The van der Waals surface area contributed by atoms with Gasteiger partial charge in [-0.1, -0.05) is 81.4 Å². The molecule has 2 unspecified atom stereocenters. The Kier molecular flexibility index (Phi) is 8.88. The van der Waals surface area contributed by atoms with Crippen LogP contribution in [0.3, 0.4) is 0 Å². The van der Waals surface area contributed by atoms with Crippen LogP contribution in [-0.2, 0) is 18.8 Å². The molecule has 0 spiro atoms. The van der Waals surface area contributed by atoms with Gasteiger partial charge in [0.1, 0.15) is 5.60 Å². The van der Waals surface area contributed by atoms with Crippen LogP contribution in [0.4, 0.5) is 4.79 Å². The fourth-order valence-electron chi connectivity index (χ4n) is 5.05. The van der Waals surface area contributed by atoms with Crippen molar-refractivity contribution in [2.24, 2.45) is 5.92 Å². The highest BCUT2D eigenvalue weighted by Gasteiger charge is 2.54. The van der Waals surface area contributed by atoms with E-state index >= 15 is 0 Å². The molecular formula is C29H42N2O5Si. The maximum absolute atomic E-state index is 13.5. The van der Waals surface area contributed by atoms with Crippen molar-refractivity contribution in [3.05, 3.63) is 60.7 Å². The molecule has 3 rings (SSSR count). The largest absolute Gasteiger partial charge is 0.444 e. The predicted octanol–water partition coefficient (Wildman–Crippen LogP) is 4.21. The molecular weight excluding hydrogens is 484 g/mol. The lowest BCUT2D eigenvalue weighted by Crippen LogP contribution is -2.70. The van der Waals surface area contributed by atoms with Gasteiger partial charge in [-0.25, -0.2) is 9.86 Å². The monoisotopic (exact) mass is 526 g/mol. The zero-order chi connectivity index (χ0) is 27.4. The topological polar surface area (TPSA) is 68.3 Å². The van der Waals surface area contributed by atoms with Crippen molar-refractivity contribution in [3.8, 4) is 0 Å². The van der Waals surface area contributed by atoms with Crippen molar-refractivity contribution in [1.29, 1.82) is 0 Å². The second-order valence-corrected chi connectivity index (χ2v) is 15.9. The zero-order valence-corrected chi connectivity index (χ0v) is 24.5. The highest BCUT2D eigenvalue weighted by Crippen LogP contribution is 2.39. The van der Waals surface area contributed by atoms with Crippen molar-refractivity contribution >= 4 is 30.7 Å². The molecule has 7 nitrogen and oxygen atoms in total. The van der Waals surface area contributed by atoms with E-state index in [9.17, 15) is 9.59 Å². The second kappa shape index (κ2) is 11.4. The van der Waals surface area contributed by atoms with Crippen molar-refractivity contribution < 1.29 is 23.6 Å². The number of ether oxygens (including phenoxy) is 1. The minimum atomic E-state index is -2.97. The summed E-state index contributed by atoms with van der Waals surface area (Å²) in [4.78, 5) is 33.4. The third-order valence-corrected chi connectivity index (χ3v) is 11.9. The Labute approximate surface area is 222 Å². The van der Waals surface area contributed by atoms with E-state index in [0.29, 0.717) is 13.0 Å². The van der Waals surface area contributed by atoms with Crippen LogP contribution in [0, 0.1) is 5.92 Å². The number of hydrogen-bond donors (Lipinski definition) is 0. The smallest absolute Gasteiger partial charge is 0.410 e. The molecule has 1 heterocycles. The van der Waals surface area contributed by atoms with Crippen molar-refractivity contribution in [2.75, 3.05) is 27.2 Å². The molecule has 2 aromatic rings. The van der Waals surface area contributed by atoms with Crippen LogP contribution in [0.25, 0.3) is 0 Å². The van der Waals surface area contributed by atoms with Gasteiger partial charge in [-0.3, -0.25) is 9.63 Å². The van der Waals surface area contributed by atoms with Gasteiger partial charge in [0.05, 0.1) is 19.1 Å². The van der Waals surface area contributed by atoms with Crippen LogP contribution in [0.1, 0.15) is 48.0 Å². The van der Waals surface area contributed by atoms with E-state index in [4.69, 9.17) is 14.0 Å². The average molecular weight is 527 g/mol. The number of hydroxylamine groups is 2. The second-order valence-electron chi connectivity index (χ2n) is 11.7. The normalized spacial score (nSPS) is 18.9. The van der Waals surface area contributed by atoms with Gasteiger partial charge in [-0.2, -0.15) is 0 Å². The number of likely N-dealkylation sites (tertiary alicyclic amines) is 1. The lowest BCUT2D eigenvalue weighted by molar-refractivity contribution is -0.178. The van der Waals surface area contributed by atoms with E-state index in [-0.39, 0.29) is 17.5 Å². The summed E-state index contributed by atoms with van der Waals surface area (Å²) >= 11 is 0. The van der Waals surface area contributed by atoms with Gasteiger partial charge in [-0.05, 0) is 42.6 Å². The summed E-state index contributed by atoms with van der Waals surface area (Å²) in [6, 6.07) is 20.6. The number of nitrogens with zero attached hydrogens (tertiary/aromatic N) is 2. The molecule has 37 heavy (non-hydrogen) atoms. The maximum Gasteiger partial charge on any atom is 0.410 e. The lowest BCUT2D eigenvalue weighted by atomic mass is 9.93. The molecule has 2 aromatic carbocycles. The number of carbonyl (C=O) groups excluding carboxylic acids is 2. The van der Waals surface area contributed by atoms with Crippen molar-refractivity contribution in [3.63, 3.8) is 0 Å². The summed E-state index contributed by atoms with van der Waals surface area (Å²) in [6.45, 7) is 12.8. The van der Waals surface area contributed by atoms with E-state index in [2.05, 4.69) is 45.0 Å². The van der Waals surface area contributed by atoms with Gasteiger partial charge >= 0.3 is 6.09 Å². The predicted molar refractivity (Wildman–Crippen MR) is 148 cm³/mol. The molecule has 0 aliphatic carbocycles. The number of rotatable bonds is 6. The Morgan fingerprint density at radius 2 is 1.43 bits per heavy atom. The molecule has 202 valence electrons. The highest BCUT2D eigenvalue weighted by molar-refractivity contribution is 6.99. The summed E-state index contributed by atoms with van der Waals surface area (Å²) in [7, 11) is 0.121. The van der Waals surface area contributed by atoms with Crippen molar-refractivity contribution in [1.82, 2.24) is 9.96 Å². The lowest BCUT2D eigenvalue weighted by Gasteiger charge is -2.48. The van der Waals surface area contributed by atoms with Gasteiger partial charge in [0.25, 0.3) is 14.2 Å². The molecule has 1 saturated heterocycles. The number of benzene rings is 2. The van der Waals surface area contributed by atoms with Crippen molar-refractivity contribution in [2.45, 2.75) is 64.7 Å². The molecule has 8 heteroatoms. The van der Waals surface area contributed by atoms with Crippen LogP contribution in [0.5, 0.6) is 0 Å². The molecule has 0 radical (unpaired) electrons. The standard InChI is InChI=1S/C29H42N2O5Si/c1-28(2,3)35-27(33)31-20-19-24(26(32)30(7)34-8)25(21-31)36-37(29(4,5)6,22-15-11-9-12-16-22)23-17-13-10-14-18-23/h9-18,24-25H,19-21H2,1-8H3. The molecule has 0 aromatic heterocycles. The van der Waals surface area contributed by atoms with E-state index < -0.39 is 32.0 Å². The zero-order valence-electron chi connectivity index (χ0n) is 23.5. The summed E-state index contributed by atoms with van der Waals surface area (Å²) in [5, 5.41) is 3.23. The molecule has 0 saturated carbocycles. The Morgan fingerprint density at radius 1 is 0.919 bits per heavy atom. The quantitative estimate of drug-likeness (QED) is 0.417. The molecule has 2 atom stereocenters. The van der Waals surface area contributed by atoms with Crippen LogP contribution >= 0.6 is 0 Å². The molecule has 1 fully saturated rings. The molecule has 1 aliphatic rings. The van der Waals surface area contributed by atoms with Crippen LogP contribution in [0.15, 0.2) is 60.7 Å². The van der Waals surface area contributed by atoms with E-state index in [1.54, 1.807) is 11.9 Å². The first-order chi connectivity index (χ1) is 17.3. The Balaban J connectivity index is 2.13. The average Bonchev–Trinajstić information content (AvgIpc) is 2.85. The maximum atomic E-state index is 13.5. The van der Waals surface area contributed by atoms with Gasteiger partial charge in [-0.15, -0.1) is 0 Å². The summed E-state index contributed by atoms with van der Waals surface area (Å²) in [6.07, 6.45) is -0.485. The van der Waals surface area contributed by atoms with E-state index in [0.717, 1.165) is 10.4 Å². The minimum Gasteiger partial charge on any atom is -0.444 e. The third-order valence-electron chi connectivity index (χ3n) is 6.86. The Hall–Kier alpha value is -2.68. The number of amides is 2. The molecule has 1 aliphatic heterocycles. The fraction of sp³-hybridized carbons (Fsp3) is 0.517. The Morgan fingerprint density at radius 3 is 1.86 bits per heavy atom. The first kappa shape index (κ1) is 28.9. The first-order valence-electron chi connectivity index (χ1n) is 12.9. The summed E-state index contributed by atoms with van der Waals surface area (Å²) in [5.74, 6) is -0.625. The third kappa shape index (κ3) is 6.42. The summed E-state index contributed by atoms with van der Waals surface area (Å²) < 4.78 is 13.0. The van der Waals surface area contributed by atoms with Gasteiger partial charge < -0.3 is 14.1 Å². The van der Waals surface area contributed by atoms with E-state index in [1.165, 1.54) is 12.2 Å². The SMILES string of the molecule is CON(C)C(=O)C1CCN(C(=O)OC(C)(C)C)CC1O[Si](c1ccccc1)(c1ccccc1)C(C)(C)C.